The molecule has 1 fully saturated rings. The van der Waals surface area contributed by atoms with Crippen LogP contribution in [0.3, 0.4) is 0 Å². The minimum Gasteiger partial charge on any atom is -0.496 e. The van der Waals surface area contributed by atoms with E-state index in [4.69, 9.17) is 16.2 Å². The maximum Gasteiger partial charge on any atom is 0.239 e. The predicted octanol–water partition coefficient (Wildman–Crippen LogP) is 0.900. The standard InChI is InChI=1S/C13H19N3O2/c1-18-11-8-9(14)4-5-10(11)12(13(15)17)16-6-2-3-7-16/h4-5,8,12H,2-3,6-7,14H2,1H3,(H2,15,17). The molecular formula is C13H19N3O2. The van der Waals surface area contributed by atoms with E-state index in [9.17, 15) is 4.79 Å². The van der Waals surface area contributed by atoms with Crippen molar-refractivity contribution >= 4 is 11.6 Å². The number of amides is 1. The third-order valence-corrected chi connectivity index (χ3v) is 3.33. The molecule has 2 rings (SSSR count). The van der Waals surface area contributed by atoms with Crippen molar-refractivity contribution in [3.05, 3.63) is 23.8 Å². The SMILES string of the molecule is COc1cc(N)ccc1C(C(N)=O)N1CCCC1. The summed E-state index contributed by atoms with van der Waals surface area (Å²) in [6.45, 7) is 1.78. The van der Waals surface area contributed by atoms with E-state index in [0.29, 0.717) is 11.4 Å². The van der Waals surface area contributed by atoms with Gasteiger partial charge in [-0.15, -0.1) is 0 Å². The van der Waals surface area contributed by atoms with Gasteiger partial charge in [-0.2, -0.15) is 0 Å². The molecule has 5 heteroatoms. The Bertz CT molecular complexity index is 442. The first kappa shape index (κ1) is 12.7. The third-order valence-electron chi connectivity index (χ3n) is 3.33. The molecule has 1 aliphatic rings. The van der Waals surface area contributed by atoms with Crippen LogP contribution in [0.4, 0.5) is 5.69 Å². The summed E-state index contributed by atoms with van der Waals surface area (Å²) in [5.74, 6) is 0.269. The van der Waals surface area contributed by atoms with Crippen molar-refractivity contribution in [1.29, 1.82) is 0 Å². The normalized spacial score (nSPS) is 17.6. The van der Waals surface area contributed by atoms with E-state index >= 15 is 0 Å². The number of likely N-dealkylation sites (tertiary alicyclic amines) is 1. The smallest absolute Gasteiger partial charge is 0.239 e. The zero-order valence-electron chi connectivity index (χ0n) is 10.6. The van der Waals surface area contributed by atoms with Gasteiger partial charge in [0.15, 0.2) is 0 Å². The molecule has 1 aromatic rings. The van der Waals surface area contributed by atoms with Gasteiger partial charge in [0.1, 0.15) is 11.8 Å². The monoisotopic (exact) mass is 249 g/mol. The van der Waals surface area contributed by atoms with Gasteiger partial charge in [0.25, 0.3) is 0 Å². The maximum absolute atomic E-state index is 11.7. The topological polar surface area (TPSA) is 81.6 Å². The van der Waals surface area contributed by atoms with E-state index in [1.54, 1.807) is 19.2 Å². The highest BCUT2D eigenvalue weighted by Gasteiger charge is 2.30. The number of rotatable bonds is 4. The summed E-state index contributed by atoms with van der Waals surface area (Å²) in [4.78, 5) is 13.8. The highest BCUT2D eigenvalue weighted by molar-refractivity contribution is 5.82. The summed E-state index contributed by atoms with van der Waals surface area (Å²) >= 11 is 0. The van der Waals surface area contributed by atoms with Crippen molar-refractivity contribution in [3.63, 3.8) is 0 Å². The first-order valence-electron chi connectivity index (χ1n) is 6.10. The Labute approximate surface area is 107 Å². The average Bonchev–Trinajstić information content (AvgIpc) is 2.84. The molecule has 98 valence electrons. The lowest BCUT2D eigenvalue weighted by atomic mass is 10.0. The highest BCUT2D eigenvalue weighted by atomic mass is 16.5. The van der Waals surface area contributed by atoms with Crippen molar-refractivity contribution in [1.82, 2.24) is 4.90 Å². The van der Waals surface area contributed by atoms with Crippen LogP contribution in [0.5, 0.6) is 5.75 Å². The number of carbonyl (C=O) groups excluding carboxylic acids is 1. The Hall–Kier alpha value is -1.75. The van der Waals surface area contributed by atoms with Gasteiger partial charge in [-0.1, -0.05) is 6.07 Å². The molecule has 1 aromatic carbocycles. The number of hydrogen-bond acceptors (Lipinski definition) is 4. The predicted molar refractivity (Wildman–Crippen MR) is 70.1 cm³/mol. The van der Waals surface area contributed by atoms with Crippen LogP contribution in [0, 0.1) is 0 Å². The number of anilines is 1. The lowest BCUT2D eigenvalue weighted by Gasteiger charge is -2.26. The van der Waals surface area contributed by atoms with Crippen LogP contribution in [0.2, 0.25) is 0 Å². The Morgan fingerprint density at radius 1 is 1.39 bits per heavy atom. The molecule has 18 heavy (non-hydrogen) atoms. The van der Waals surface area contributed by atoms with E-state index in [1.165, 1.54) is 0 Å². The first-order chi connectivity index (χ1) is 8.63. The van der Waals surface area contributed by atoms with E-state index in [0.717, 1.165) is 31.5 Å². The Morgan fingerprint density at radius 2 is 2.06 bits per heavy atom. The molecule has 5 nitrogen and oxygen atoms in total. The average molecular weight is 249 g/mol. The molecule has 0 saturated carbocycles. The van der Waals surface area contributed by atoms with Gasteiger partial charge in [-0.3, -0.25) is 9.69 Å². The first-order valence-corrected chi connectivity index (χ1v) is 6.10. The van der Waals surface area contributed by atoms with Crippen LogP contribution in [-0.2, 0) is 4.79 Å². The zero-order chi connectivity index (χ0) is 13.1. The van der Waals surface area contributed by atoms with Crippen molar-refractivity contribution in [2.75, 3.05) is 25.9 Å². The molecular weight excluding hydrogens is 230 g/mol. The quantitative estimate of drug-likeness (QED) is 0.777. The summed E-state index contributed by atoms with van der Waals surface area (Å²) in [7, 11) is 1.57. The molecule has 0 spiro atoms. The van der Waals surface area contributed by atoms with Crippen LogP contribution >= 0.6 is 0 Å². The van der Waals surface area contributed by atoms with Crippen LogP contribution < -0.4 is 16.2 Å². The van der Waals surface area contributed by atoms with E-state index in [-0.39, 0.29) is 5.91 Å². The number of benzene rings is 1. The fourth-order valence-electron chi connectivity index (χ4n) is 2.48. The number of ether oxygens (including phenoxy) is 1. The highest BCUT2D eigenvalue weighted by Crippen LogP contribution is 2.32. The Morgan fingerprint density at radius 3 is 2.61 bits per heavy atom. The van der Waals surface area contributed by atoms with Crippen molar-refractivity contribution in [2.24, 2.45) is 5.73 Å². The second kappa shape index (κ2) is 5.27. The van der Waals surface area contributed by atoms with Gasteiger partial charge in [-0.25, -0.2) is 0 Å². The van der Waals surface area contributed by atoms with Crippen molar-refractivity contribution in [2.45, 2.75) is 18.9 Å². The number of nitrogens with zero attached hydrogens (tertiary/aromatic N) is 1. The summed E-state index contributed by atoms with van der Waals surface area (Å²) in [6, 6.07) is 4.88. The minimum absolute atomic E-state index is 0.347. The van der Waals surface area contributed by atoms with E-state index < -0.39 is 6.04 Å². The van der Waals surface area contributed by atoms with Gasteiger partial charge in [0, 0.05) is 17.3 Å². The molecule has 4 N–H and O–H groups in total. The fourth-order valence-corrected chi connectivity index (χ4v) is 2.48. The van der Waals surface area contributed by atoms with Gasteiger partial charge in [0.2, 0.25) is 5.91 Å². The van der Waals surface area contributed by atoms with Crippen molar-refractivity contribution in [3.8, 4) is 5.75 Å². The number of carbonyl (C=O) groups is 1. The molecule has 1 saturated heterocycles. The summed E-state index contributed by atoms with van der Waals surface area (Å²) < 4.78 is 5.30. The molecule has 0 aliphatic carbocycles. The van der Waals surface area contributed by atoms with Gasteiger partial charge in [-0.05, 0) is 32.0 Å². The number of nitrogen functional groups attached to an aromatic ring is 1. The number of hydrogen-bond donors (Lipinski definition) is 2. The summed E-state index contributed by atoms with van der Waals surface area (Å²) in [6.07, 6.45) is 2.20. The molecule has 0 radical (unpaired) electrons. The zero-order valence-corrected chi connectivity index (χ0v) is 10.6. The molecule has 0 bridgehead atoms. The second-order valence-electron chi connectivity index (χ2n) is 4.55. The molecule has 0 aromatic heterocycles. The van der Waals surface area contributed by atoms with Gasteiger partial charge < -0.3 is 16.2 Å². The lowest BCUT2D eigenvalue weighted by Crippen LogP contribution is -2.36. The third kappa shape index (κ3) is 2.41. The largest absolute Gasteiger partial charge is 0.496 e. The summed E-state index contributed by atoms with van der Waals surface area (Å²) in [5, 5.41) is 0. The van der Waals surface area contributed by atoms with Crippen LogP contribution in [0.1, 0.15) is 24.4 Å². The van der Waals surface area contributed by atoms with Crippen LogP contribution in [0.25, 0.3) is 0 Å². The lowest BCUT2D eigenvalue weighted by molar-refractivity contribution is -0.123. The summed E-state index contributed by atoms with van der Waals surface area (Å²) in [5.41, 5.74) is 12.7. The van der Waals surface area contributed by atoms with Gasteiger partial charge in [0.05, 0.1) is 7.11 Å². The number of methoxy groups -OCH3 is 1. The molecule has 1 amide bonds. The second-order valence-corrected chi connectivity index (χ2v) is 4.55. The maximum atomic E-state index is 11.7. The van der Waals surface area contributed by atoms with Crippen LogP contribution in [-0.4, -0.2) is 31.0 Å². The van der Waals surface area contributed by atoms with E-state index in [2.05, 4.69) is 4.90 Å². The number of nitrogens with two attached hydrogens (primary N) is 2. The Kier molecular flexibility index (Phi) is 3.72. The van der Waals surface area contributed by atoms with E-state index in [1.807, 2.05) is 6.07 Å². The minimum atomic E-state index is -0.428. The fraction of sp³-hybridized carbons (Fsp3) is 0.462. The Balaban J connectivity index is 2.38. The molecule has 1 aliphatic heterocycles. The number of primary amides is 1. The molecule has 1 unspecified atom stereocenters. The van der Waals surface area contributed by atoms with Gasteiger partial charge >= 0.3 is 0 Å². The van der Waals surface area contributed by atoms with Crippen LogP contribution in [0.15, 0.2) is 18.2 Å². The molecule has 1 heterocycles. The molecule has 1 atom stereocenters. The van der Waals surface area contributed by atoms with Crippen molar-refractivity contribution < 1.29 is 9.53 Å².